The third-order valence-corrected chi connectivity index (χ3v) is 6.86. The number of imidazole rings is 1. The second-order valence-corrected chi connectivity index (χ2v) is 9.51. The minimum Gasteiger partial charge on any atom is -0.369 e. The van der Waals surface area contributed by atoms with Gasteiger partial charge in [-0.1, -0.05) is 12.1 Å². The van der Waals surface area contributed by atoms with Crippen molar-refractivity contribution in [3.63, 3.8) is 0 Å². The van der Waals surface area contributed by atoms with Gasteiger partial charge in [-0.2, -0.15) is 18.3 Å². The van der Waals surface area contributed by atoms with Gasteiger partial charge in [0.2, 0.25) is 0 Å². The highest BCUT2D eigenvalue weighted by Gasteiger charge is 2.31. The van der Waals surface area contributed by atoms with E-state index in [9.17, 15) is 18.0 Å². The minimum absolute atomic E-state index is 0.110. The number of hydrogen-bond acceptors (Lipinski definition) is 7. The van der Waals surface area contributed by atoms with E-state index >= 15 is 0 Å². The van der Waals surface area contributed by atoms with Crippen LogP contribution in [-0.2, 0) is 10.9 Å². The van der Waals surface area contributed by atoms with Crippen molar-refractivity contribution in [2.45, 2.75) is 25.6 Å². The van der Waals surface area contributed by atoms with E-state index in [1.165, 1.54) is 18.3 Å². The number of benzene rings is 1. The molecule has 3 aromatic heterocycles. The molecule has 40 heavy (non-hydrogen) atoms. The number of fused-ring (bicyclic) bond motifs is 1. The van der Waals surface area contributed by atoms with E-state index in [0.29, 0.717) is 48.0 Å². The van der Waals surface area contributed by atoms with Crippen molar-refractivity contribution in [3.05, 3.63) is 84.1 Å². The Morgan fingerprint density at radius 2 is 2.05 bits per heavy atom. The molecule has 0 aliphatic carbocycles. The maximum atomic E-state index is 13.1. The number of nitrogens with zero attached hydrogens (tertiary/aromatic N) is 6. The van der Waals surface area contributed by atoms with Gasteiger partial charge in [0.05, 0.1) is 41.1 Å². The molecule has 9 nitrogen and oxygen atoms in total. The molecule has 2 aliphatic rings. The third kappa shape index (κ3) is 5.05. The number of anilines is 2. The van der Waals surface area contributed by atoms with Gasteiger partial charge >= 0.3 is 6.18 Å². The summed E-state index contributed by atoms with van der Waals surface area (Å²) in [4.78, 5) is 28.4. The molecule has 204 valence electrons. The molecule has 1 amide bonds. The lowest BCUT2D eigenvalue weighted by atomic mass is 10.1. The molecule has 0 bridgehead atoms. The SMILES string of the molecule is Cc1ncc(NC(=O)c2cccc(C(F)(F)F)c2)cc1-c1cc(N2CCOC(C3=NC=CC3)C2)c2nccn2n1. The van der Waals surface area contributed by atoms with Crippen LogP contribution in [0, 0.1) is 6.92 Å². The van der Waals surface area contributed by atoms with Gasteiger partial charge in [-0.05, 0) is 37.3 Å². The first-order chi connectivity index (χ1) is 19.3. The summed E-state index contributed by atoms with van der Waals surface area (Å²) in [6.45, 7) is 3.62. The highest BCUT2D eigenvalue weighted by Crippen LogP contribution is 2.32. The highest BCUT2D eigenvalue weighted by atomic mass is 19.4. The average Bonchev–Trinajstić information content (AvgIpc) is 3.66. The molecule has 0 radical (unpaired) electrons. The molecule has 1 atom stereocenters. The number of carbonyl (C=O) groups is 1. The number of pyridine rings is 1. The minimum atomic E-state index is -4.55. The van der Waals surface area contributed by atoms with Crippen LogP contribution in [0.4, 0.5) is 24.5 Å². The van der Waals surface area contributed by atoms with Crippen molar-refractivity contribution in [2.24, 2.45) is 4.99 Å². The number of hydrogen-bond donors (Lipinski definition) is 1. The van der Waals surface area contributed by atoms with E-state index < -0.39 is 17.6 Å². The van der Waals surface area contributed by atoms with Crippen molar-refractivity contribution in [2.75, 3.05) is 29.9 Å². The number of rotatable bonds is 5. The standard InChI is InChI=1S/C28H24F3N7O2/c1-17-21(13-20(15-34-17)35-27(39)18-4-2-5-19(12-18)28(29,30)31)23-14-24(26-33-8-9-38(26)36-23)37-10-11-40-25(16-37)22-6-3-7-32-22/h2-5,7-9,12-15,25H,6,10-11,16H2,1H3,(H,35,39). The number of aliphatic imine (C=N–C) groups is 1. The van der Waals surface area contributed by atoms with Gasteiger partial charge in [-0.15, -0.1) is 0 Å². The number of halogens is 3. The van der Waals surface area contributed by atoms with Crippen LogP contribution in [0.15, 0.2) is 72.3 Å². The Morgan fingerprint density at radius 1 is 1.18 bits per heavy atom. The molecule has 1 N–H and O–H groups in total. The number of alkyl halides is 3. The number of amides is 1. The molecule has 5 heterocycles. The summed E-state index contributed by atoms with van der Waals surface area (Å²) in [7, 11) is 0. The predicted molar refractivity (Wildman–Crippen MR) is 143 cm³/mol. The number of morpholine rings is 1. The maximum Gasteiger partial charge on any atom is 0.416 e. The van der Waals surface area contributed by atoms with Gasteiger partial charge < -0.3 is 15.0 Å². The summed E-state index contributed by atoms with van der Waals surface area (Å²) in [5, 5.41) is 7.38. The fourth-order valence-electron chi connectivity index (χ4n) is 4.82. The third-order valence-electron chi connectivity index (χ3n) is 6.86. The van der Waals surface area contributed by atoms with Gasteiger partial charge in [-0.3, -0.25) is 14.8 Å². The Hall–Kier alpha value is -4.58. The molecule has 0 spiro atoms. The largest absolute Gasteiger partial charge is 0.416 e. The van der Waals surface area contributed by atoms with E-state index in [4.69, 9.17) is 9.84 Å². The van der Waals surface area contributed by atoms with Crippen LogP contribution in [0.25, 0.3) is 16.9 Å². The van der Waals surface area contributed by atoms with Crippen LogP contribution in [0.1, 0.15) is 28.0 Å². The van der Waals surface area contributed by atoms with E-state index in [2.05, 4.69) is 25.2 Å². The molecule has 1 fully saturated rings. The second kappa shape index (κ2) is 10.2. The molecule has 12 heteroatoms. The van der Waals surface area contributed by atoms with Gasteiger partial charge in [0.15, 0.2) is 5.65 Å². The number of carbonyl (C=O) groups excluding carboxylic acids is 1. The van der Waals surface area contributed by atoms with Crippen LogP contribution in [-0.4, -0.2) is 57.0 Å². The van der Waals surface area contributed by atoms with Crippen LogP contribution < -0.4 is 10.2 Å². The van der Waals surface area contributed by atoms with Crippen molar-refractivity contribution in [1.29, 1.82) is 0 Å². The zero-order chi connectivity index (χ0) is 27.9. The molecular formula is C28H24F3N7O2. The highest BCUT2D eigenvalue weighted by molar-refractivity contribution is 6.04. The van der Waals surface area contributed by atoms with E-state index in [1.54, 1.807) is 29.2 Å². The second-order valence-electron chi connectivity index (χ2n) is 9.51. The first-order valence-electron chi connectivity index (χ1n) is 12.6. The van der Waals surface area contributed by atoms with Crippen molar-refractivity contribution in [3.8, 4) is 11.3 Å². The lowest BCUT2D eigenvalue weighted by Gasteiger charge is -2.34. The predicted octanol–water partition coefficient (Wildman–Crippen LogP) is 4.93. The summed E-state index contributed by atoms with van der Waals surface area (Å²) in [5.74, 6) is -0.676. The molecule has 4 aromatic rings. The fourth-order valence-corrected chi connectivity index (χ4v) is 4.82. The van der Waals surface area contributed by atoms with Gasteiger partial charge in [0.1, 0.15) is 6.10 Å². The Kier molecular flexibility index (Phi) is 6.54. The van der Waals surface area contributed by atoms with E-state index in [0.717, 1.165) is 30.0 Å². The summed E-state index contributed by atoms with van der Waals surface area (Å²) in [5.41, 5.74) is 3.80. The topological polar surface area (TPSA) is 97.0 Å². The zero-order valence-corrected chi connectivity index (χ0v) is 21.4. The zero-order valence-electron chi connectivity index (χ0n) is 21.4. The van der Waals surface area contributed by atoms with Crippen molar-refractivity contribution >= 4 is 28.6 Å². The Labute approximate surface area is 227 Å². The Morgan fingerprint density at radius 3 is 2.85 bits per heavy atom. The van der Waals surface area contributed by atoms with Gasteiger partial charge in [-0.25, -0.2) is 9.50 Å². The van der Waals surface area contributed by atoms with Crippen LogP contribution in [0.5, 0.6) is 0 Å². The Balaban J connectivity index is 1.31. The smallest absolute Gasteiger partial charge is 0.369 e. The summed E-state index contributed by atoms with van der Waals surface area (Å²) >= 11 is 0. The van der Waals surface area contributed by atoms with E-state index in [-0.39, 0.29) is 11.7 Å². The van der Waals surface area contributed by atoms with Gasteiger partial charge in [0.25, 0.3) is 5.91 Å². The Bertz CT molecular complexity index is 1660. The number of aryl methyl sites for hydroxylation is 1. The quantitative estimate of drug-likeness (QED) is 0.381. The maximum absolute atomic E-state index is 13.1. The molecular weight excluding hydrogens is 523 g/mol. The lowest BCUT2D eigenvalue weighted by molar-refractivity contribution is -0.137. The number of nitrogens with one attached hydrogen (secondary N) is 1. The molecule has 1 aromatic carbocycles. The summed E-state index contributed by atoms with van der Waals surface area (Å²) < 4.78 is 47.1. The number of ether oxygens (including phenoxy) is 1. The first-order valence-corrected chi connectivity index (χ1v) is 12.6. The van der Waals surface area contributed by atoms with Crippen molar-refractivity contribution in [1.82, 2.24) is 19.6 Å². The molecule has 0 saturated carbocycles. The fraction of sp³-hybridized carbons (Fsp3) is 0.250. The molecule has 6 rings (SSSR count). The average molecular weight is 548 g/mol. The summed E-state index contributed by atoms with van der Waals surface area (Å²) in [6, 6.07) is 7.92. The monoisotopic (exact) mass is 547 g/mol. The molecule has 1 saturated heterocycles. The van der Waals surface area contributed by atoms with Crippen molar-refractivity contribution < 1.29 is 22.7 Å². The first kappa shape index (κ1) is 25.7. The van der Waals surface area contributed by atoms with Crippen LogP contribution >= 0.6 is 0 Å². The lowest BCUT2D eigenvalue weighted by Crippen LogP contribution is -2.46. The molecule has 2 aliphatic heterocycles. The van der Waals surface area contributed by atoms with E-state index in [1.807, 2.05) is 19.1 Å². The number of allylic oxidation sites excluding steroid dienone is 1. The molecule has 1 unspecified atom stereocenters. The normalized spacial score (nSPS) is 17.4. The number of aromatic nitrogens is 4. The van der Waals surface area contributed by atoms with Gasteiger partial charge in [0, 0.05) is 54.9 Å². The van der Waals surface area contributed by atoms with Crippen LogP contribution in [0.3, 0.4) is 0 Å². The van der Waals surface area contributed by atoms with Crippen LogP contribution in [0.2, 0.25) is 0 Å². The summed E-state index contributed by atoms with van der Waals surface area (Å²) in [6.07, 6.45) is 4.78.